The lowest BCUT2D eigenvalue weighted by Crippen LogP contribution is -2.39. The molecule has 0 saturated heterocycles. The molecule has 2 rings (SSSR count). The van der Waals surface area contributed by atoms with Gasteiger partial charge in [-0.3, -0.25) is 4.79 Å². The van der Waals surface area contributed by atoms with Crippen LogP contribution in [0.25, 0.3) is 0 Å². The topological polar surface area (TPSA) is 64.4 Å². The van der Waals surface area contributed by atoms with Gasteiger partial charge in [0.2, 0.25) is 5.91 Å². The van der Waals surface area contributed by atoms with E-state index in [9.17, 15) is 4.79 Å². The van der Waals surface area contributed by atoms with Gasteiger partial charge in [-0.05, 0) is 32.1 Å². The molecule has 1 amide bonds. The van der Waals surface area contributed by atoms with E-state index in [4.69, 9.17) is 10.5 Å². The van der Waals surface area contributed by atoms with Crippen LogP contribution in [-0.2, 0) is 9.53 Å². The second kappa shape index (κ2) is 8.63. The second-order valence-electron chi connectivity index (χ2n) is 6.40. The Labute approximate surface area is 122 Å². The summed E-state index contributed by atoms with van der Waals surface area (Å²) in [6.07, 6.45) is 12.0. The number of carbonyl (C=O) groups excluding carboxylic acids is 1. The van der Waals surface area contributed by atoms with Gasteiger partial charge in [0.1, 0.15) is 0 Å². The van der Waals surface area contributed by atoms with Crippen molar-refractivity contribution in [2.75, 3.05) is 13.2 Å². The van der Waals surface area contributed by atoms with Gasteiger partial charge in [-0.15, -0.1) is 0 Å². The van der Waals surface area contributed by atoms with Crippen LogP contribution < -0.4 is 11.1 Å². The lowest BCUT2D eigenvalue weighted by molar-refractivity contribution is -0.126. The average molecular weight is 282 g/mol. The molecule has 2 fully saturated rings. The van der Waals surface area contributed by atoms with E-state index in [1.807, 2.05) is 0 Å². The number of carbonyl (C=O) groups is 1. The maximum Gasteiger partial charge on any atom is 0.223 e. The maximum atomic E-state index is 12.0. The van der Waals surface area contributed by atoms with E-state index in [0.29, 0.717) is 19.3 Å². The van der Waals surface area contributed by atoms with Crippen LogP contribution in [0.2, 0.25) is 0 Å². The number of nitrogens with two attached hydrogens (primary N) is 1. The molecule has 116 valence electrons. The van der Waals surface area contributed by atoms with E-state index in [2.05, 4.69) is 5.32 Å². The third kappa shape index (κ3) is 5.41. The monoisotopic (exact) mass is 282 g/mol. The van der Waals surface area contributed by atoms with Crippen LogP contribution >= 0.6 is 0 Å². The summed E-state index contributed by atoms with van der Waals surface area (Å²) in [6.45, 7) is 1.29. The Kier molecular flexibility index (Phi) is 6.80. The van der Waals surface area contributed by atoms with Crippen molar-refractivity contribution in [3.8, 4) is 0 Å². The molecule has 0 radical (unpaired) electrons. The largest absolute Gasteiger partial charge is 0.376 e. The molecule has 0 aromatic heterocycles. The predicted octanol–water partition coefficient (Wildman–Crippen LogP) is 2.36. The molecule has 2 aliphatic rings. The lowest BCUT2D eigenvalue weighted by atomic mass is 9.85. The van der Waals surface area contributed by atoms with Crippen LogP contribution in [0.4, 0.5) is 0 Å². The number of hydrogen-bond acceptors (Lipinski definition) is 3. The summed E-state index contributed by atoms with van der Waals surface area (Å²) < 4.78 is 5.88. The minimum absolute atomic E-state index is 0.122. The average Bonchev–Trinajstić information content (AvgIpc) is 2.72. The van der Waals surface area contributed by atoms with Gasteiger partial charge in [0.25, 0.3) is 0 Å². The Morgan fingerprint density at radius 3 is 2.50 bits per heavy atom. The SMILES string of the molecule is NC1CCCC(C(=O)NCCOC2CCCCCC2)C1. The number of hydrogen-bond donors (Lipinski definition) is 2. The highest BCUT2D eigenvalue weighted by molar-refractivity contribution is 5.78. The van der Waals surface area contributed by atoms with Gasteiger partial charge >= 0.3 is 0 Å². The molecule has 3 N–H and O–H groups in total. The van der Waals surface area contributed by atoms with Gasteiger partial charge in [0.15, 0.2) is 0 Å². The summed E-state index contributed by atoms with van der Waals surface area (Å²) in [6, 6.07) is 0.210. The van der Waals surface area contributed by atoms with Gasteiger partial charge < -0.3 is 15.8 Å². The molecule has 2 saturated carbocycles. The van der Waals surface area contributed by atoms with Crippen molar-refractivity contribution in [2.45, 2.75) is 76.4 Å². The normalized spacial score (nSPS) is 28.9. The predicted molar refractivity (Wildman–Crippen MR) is 80.4 cm³/mol. The minimum atomic E-state index is 0.122. The third-order valence-corrected chi connectivity index (χ3v) is 4.64. The second-order valence-corrected chi connectivity index (χ2v) is 6.40. The summed E-state index contributed by atoms with van der Waals surface area (Å²) in [5.41, 5.74) is 5.93. The van der Waals surface area contributed by atoms with Gasteiger partial charge in [-0.25, -0.2) is 0 Å². The fourth-order valence-electron chi connectivity index (χ4n) is 3.42. The fraction of sp³-hybridized carbons (Fsp3) is 0.938. The molecule has 4 nitrogen and oxygen atoms in total. The molecule has 4 heteroatoms. The standard InChI is InChI=1S/C16H30N2O2/c17-14-7-5-6-13(12-14)16(19)18-10-11-20-15-8-3-1-2-4-9-15/h13-15H,1-12,17H2,(H,18,19). The molecule has 0 spiro atoms. The van der Waals surface area contributed by atoms with Crippen LogP contribution in [0.1, 0.15) is 64.2 Å². The van der Waals surface area contributed by atoms with Gasteiger partial charge in [-0.1, -0.05) is 32.1 Å². The lowest BCUT2D eigenvalue weighted by Gasteiger charge is -2.25. The smallest absolute Gasteiger partial charge is 0.223 e. The molecule has 2 unspecified atom stereocenters. The maximum absolute atomic E-state index is 12.0. The van der Waals surface area contributed by atoms with E-state index in [-0.39, 0.29) is 17.9 Å². The van der Waals surface area contributed by atoms with Gasteiger partial charge in [-0.2, -0.15) is 0 Å². The Morgan fingerprint density at radius 2 is 1.80 bits per heavy atom. The Hall–Kier alpha value is -0.610. The van der Waals surface area contributed by atoms with Crippen LogP contribution in [0.3, 0.4) is 0 Å². The third-order valence-electron chi connectivity index (χ3n) is 4.64. The summed E-state index contributed by atoms with van der Waals surface area (Å²) in [5, 5.41) is 3.01. The highest BCUT2D eigenvalue weighted by atomic mass is 16.5. The molecule has 0 heterocycles. The van der Waals surface area contributed by atoms with E-state index >= 15 is 0 Å². The molecule has 2 atom stereocenters. The first-order valence-corrected chi connectivity index (χ1v) is 8.40. The zero-order valence-corrected chi connectivity index (χ0v) is 12.6. The van der Waals surface area contributed by atoms with Crippen LogP contribution in [0.5, 0.6) is 0 Å². The van der Waals surface area contributed by atoms with Crippen molar-refractivity contribution in [3.05, 3.63) is 0 Å². The minimum Gasteiger partial charge on any atom is -0.376 e. The zero-order chi connectivity index (χ0) is 14.2. The molecule has 20 heavy (non-hydrogen) atoms. The molecule has 0 aromatic rings. The van der Waals surface area contributed by atoms with Crippen LogP contribution in [0.15, 0.2) is 0 Å². The van der Waals surface area contributed by atoms with E-state index < -0.39 is 0 Å². The number of amides is 1. The summed E-state index contributed by atoms with van der Waals surface area (Å²) >= 11 is 0. The van der Waals surface area contributed by atoms with Crippen LogP contribution in [-0.4, -0.2) is 31.2 Å². The fourth-order valence-corrected chi connectivity index (χ4v) is 3.42. The van der Waals surface area contributed by atoms with Crippen molar-refractivity contribution in [1.82, 2.24) is 5.32 Å². The summed E-state index contributed by atoms with van der Waals surface area (Å²) in [7, 11) is 0. The Bertz CT molecular complexity index is 288. The molecular weight excluding hydrogens is 252 g/mol. The summed E-state index contributed by atoms with van der Waals surface area (Å²) in [4.78, 5) is 12.0. The van der Waals surface area contributed by atoms with E-state index in [1.165, 1.54) is 38.5 Å². The van der Waals surface area contributed by atoms with Crippen molar-refractivity contribution in [2.24, 2.45) is 11.7 Å². The van der Waals surface area contributed by atoms with Gasteiger partial charge in [0, 0.05) is 18.5 Å². The quantitative estimate of drug-likeness (QED) is 0.601. The van der Waals surface area contributed by atoms with Crippen molar-refractivity contribution >= 4 is 5.91 Å². The van der Waals surface area contributed by atoms with Crippen molar-refractivity contribution in [3.63, 3.8) is 0 Å². The molecule has 0 aliphatic heterocycles. The molecule has 0 aromatic carbocycles. The number of ether oxygens (including phenoxy) is 1. The molecular formula is C16H30N2O2. The summed E-state index contributed by atoms with van der Waals surface area (Å²) in [5.74, 6) is 0.293. The first kappa shape index (κ1) is 15.8. The zero-order valence-electron chi connectivity index (χ0n) is 12.6. The van der Waals surface area contributed by atoms with E-state index in [0.717, 1.165) is 25.7 Å². The highest BCUT2D eigenvalue weighted by Gasteiger charge is 2.24. The first-order valence-electron chi connectivity index (χ1n) is 8.40. The van der Waals surface area contributed by atoms with Gasteiger partial charge in [0.05, 0.1) is 12.7 Å². The number of rotatable bonds is 5. The Morgan fingerprint density at radius 1 is 1.05 bits per heavy atom. The van der Waals surface area contributed by atoms with Crippen molar-refractivity contribution < 1.29 is 9.53 Å². The first-order chi connectivity index (χ1) is 9.75. The number of nitrogens with one attached hydrogen (secondary N) is 1. The van der Waals surface area contributed by atoms with Crippen LogP contribution in [0, 0.1) is 5.92 Å². The highest BCUT2D eigenvalue weighted by Crippen LogP contribution is 2.23. The molecule has 0 bridgehead atoms. The van der Waals surface area contributed by atoms with Crippen molar-refractivity contribution in [1.29, 1.82) is 0 Å². The van der Waals surface area contributed by atoms with E-state index in [1.54, 1.807) is 0 Å². The molecule has 2 aliphatic carbocycles. The Balaban J connectivity index is 1.56.